The summed E-state index contributed by atoms with van der Waals surface area (Å²) < 4.78 is 10.3. The molecule has 106 heavy (non-hydrogen) atoms. The van der Waals surface area contributed by atoms with Crippen molar-refractivity contribution < 1.29 is 9.90 Å². The number of azide groups is 1. The van der Waals surface area contributed by atoms with Gasteiger partial charge >= 0.3 is 5.97 Å². The average molecular weight is 2020 g/mol. The van der Waals surface area contributed by atoms with Gasteiger partial charge in [-0.05, 0) is 296 Å². The minimum absolute atomic E-state index is 0. The van der Waals surface area contributed by atoms with Gasteiger partial charge < -0.3 is 10.5 Å². The third kappa shape index (κ3) is 28.6. The second-order valence-corrected chi connectivity index (χ2v) is 29.6. The molecule has 0 atom stereocenters. The third-order valence-corrected chi connectivity index (χ3v) is 21.4. The number of allylic oxidation sites excluding steroid dienone is 28. The quantitative estimate of drug-likeness (QED) is 0.00766. The number of isothiocyanates is 1. The number of carbonyl (C=O) groups is 1. The highest BCUT2D eigenvalue weighted by atomic mass is 127. The highest BCUT2D eigenvalue weighted by Crippen LogP contribution is 2.45. The monoisotopic (exact) mass is 2020 g/mol. The Morgan fingerprint density at radius 1 is 0.491 bits per heavy atom. The standard InChI is InChI=1S/C19H17I.C18H16INS2.C18H17IO2S.C17H16IN3.C17H19IN2.CH4/c1-3-6-16-7-5-8-17(13-14-20)19(16)18-11-9-15(4-2)10-12-18;1-2-4-14-5-3-6-15(11-12-19)18(14)22-17-9-7-16(8-10-17)20-13-21;1-2-4-13-5-3-6-14(11-12-19)17(13)22-16-9-7-15(8-10-16)18(20)21;1-2-4-13-5-3-6-14(11-12-18)17(13)15-7-9-16(10-8-15)20-21-19;1-2-4-13-5-3-6-14(11-12-18)17(13)15-7-9-16(20-19)10-8-15;/h2-3,6,9-14H,1,5,7-8H2;2,4,7-12H,1,3,5-6H2;2,4,7-12H,1,3,5-6H2,(H,20,21);2,4,7-12H,1,3,5-6H2;2,4,7-12,20H,1,3,5-6,19H2;1H4/b14-13+,16-6+;12-11+,14-4+;3*12-11+,13-4+;. The Morgan fingerprint density at radius 3 is 1.14 bits per heavy atom. The maximum atomic E-state index is 10.9. The van der Waals surface area contributed by atoms with Crippen LogP contribution in [0.1, 0.15) is 136 Å². The third-order valence-electron chi connectivity index (χ3n) is 17.0. The summed E-state index contributed by atoms with van der Waals surface area (Å²) in [6.07, 6.45) is 53.2. The van der Waals surface area contributed by atoms with Gasteiger partial charge in [-0.3, -0.25) is 5.84 Å². The number of hydrogen-bond acceptors (Lipinski definition) is 8. The van der Waals surface area contributed by atoms with E-state index in [2.05, 4.69) is 303 Å². The fourth-order valence-electron chi connectivity index (χ4n) is 12.4. The number of aliphatic imine (C=N–C) groups is 1. The van der Waals surface area contributed by atoms with Crippen molar-refractivity contribution in [3.63, 3.8) is 0 Å². The summed E-state index contributed by atoms with van der Waals surface area (Å²) >= 11 is 19.5. The van der Waals surface area contributed by atoms with Crippen LogP contribution in [0.15, 0.2) is 351 Å². The highest BCUT2D eigenvalue weighted by molar-refractivity contribution is 14.1. The van der Waals surface area contributed by atoms with E-state index < -0.39 is 5.97 Å². The smallest absolute Gasteiger partial charge is 0.335 e. The van der Waals surface area contributed by atoms with Crippen LogP contribution in [-0.2, 0) is 0 Å². The summed E-state index contributed by atoms with van der Waals surface area (Å²) in [6, 6.07) is 39.4. The van der Waals surface area contributed by atoms with Crippen molar-refractivity contribution in [2.45, 2.75) is 114 Å². The highest BCUT2D eigenvalue weighted by Gasteiger charge is 2.22. The zero-order chi connectivity index (χ0) is 75.6. The Labute approximate surface area is 712 Å². The van der Waals surface area contributed by atoms with Crippen LogP contribution < -0.4 is 11.3 Å². The van der Waals surface area contributed by atoms with Gasteiger partial charge in [0.05, 0.1) is 16.4 Å². The number of carboxylic acid groups (broad SMARTS) is 1. The van der Waals surface area contributed by atoms with Gasteiger partial charge in [0.25, 0.3) is 0 Å². The Bertz CT molecular complexity index is 4430. The van der Waals surface area contributed by atoms with Gasteiger partial charge in [-0.2, -0.15) is 4.99 Å². The molecule has 0 heterocycles. The molecule has 0 aromatic heterocycles. The van der Waals surface area contributed by atoms with Crippen molar-refractivity contribution >= 4 is 194 Å². The number of terminal acetylenes is 1. The van der Waals surface area contributed by atoms with Crippen molar-refractivity contribution in [2.24, 2.45) is 15.9 Å². The normalized spacial score (nSPS) is 17.1. The number of rotatable bonds is 21. The maximum Gasteiger partial charge on any atom is 0.335 e. The van der Waals surface area contributed by atoms with Crippen LogP contribution in [0, 0.1) is 12.3 Å². The predicted octanol–water partition coefficient (Wildman–Crippen LogP) is 30.9. The Balaban J connectivity index is 0.000000237. The van der Waals surface area contributed by atoms with E-state index >= 15 is 0 Å². The molecule has 0 spiro atoms. The molecule has 0 saturated heterocycles. The lowest BCUT2D eigenvalue weighted by molar-refractivity contribution is 0.0696. The number of benzene rings is 5. The van der Waals surface area contributed by atoms with Crippen molar-refractivity contribution in [3.05, 3.63) is 370 Å². The van der Waals surface area contributed by atoms with Crippen LogP contribution in [-0.4, -0.2) is 16.2 Å². The van der Waals surface area contributed by atoms with Gasteiger partial charge in [0.1, 0.15) is 0 Å². The fourth-order valence-corrected chi connectivity index (χ4v) is 16.9. The summed E-state index contributed by atoms with van der Waals surface area (Å²) in [5.74, 6) is 7.20. The van der Waals surface area contributed by atoms with E-state index in [1.165, 1.54) is 118 Å². The number of nitrogens with zero attached hydrogens (tertiary/aromatic N) is 4. The molecule has 5 aliphatic rings. The Hall–Kier alpha value is -6.85. The van der Waals surface area contributed by atoms with Crippen LogP contribution in [0.25, 0.3) is 27.2 Å². The molecule has 0 fully saturated rings. The first-order valence-electron chi connectivity index (χ1n) is 34.1. The van der Waals surface area contributed by atoms with Gasteiger partial charge in [-0.15, -0.1) is 6.42 Å². The fraction of sp³-hybridized carbons (Fsp3) is 0.178. The lowest BCUT2D eigenvalue weighted by atomic mass is 9.83. The minimum atomic E-state index is -0.894. The van der Waals surface area contributed by atoms with Gasteiger partial charge in [-0.1, -0.05) is 328 Å². The number of thiocarbonyl (C=S) groups is 1. The first-order chi connectivity index (χ1) is 51.3. The molecule has 544 valence electrons. The Kier molecular flexibility index (Phi) is 43.6. The molecule has 10 rings (SSSR count). The maximum absolute atomic E-state index is 10.9. The van der Waals surface area contributed by atoms with E-state index in [9.17, 15) is 4.79 Å². The number of aromatic carboxylic acids is 1. The number of hydrazine groups is 1. The van der Waals surface area contributed by atoms with Gasteiger partial charge in [0.15, 0.2) is 0 Å². The molecular weight excluding hydrogens is 1930 g/mol. The summed E-state index contributed by atoms with van der Waals surface area (Å²) in [6.45, 7) is 19.1. The molecule has 0 unspecified atom stereocenters. The second kappa shape index (κ2) is 51.5. The molecule has 5 aromatic rings. The SMILES string of the molecule is C.C#Cc1ccc(C2=C(/C=C/I)CCC/C2=C\C=C)cc1.C=C/C=C1\CCCC(/C=C/I)=C1Sc1ccc(C(=O)O)cc1.C=C/C=C1\CCCC(/C=C/I)=C1Sc1ccc(N=C=S)cc1.C=C/C=C1\CCCC(/C=C/I)=C1c1ccc(N=[N+]=[N-])cc1.C=C/C=C1\CCCC(/C=C/I)=C1c1ccc(NN)cc1. The lowest BCUT2D eigenvalue weighted by Gasteiger charge is -2.22. The first-order valence-corrected chi connectivity index (χ1v) is 42.4. The molecule has 5 aliphatic carbocycles. The zero-order valence-corrected chi connectivity index (χ0v) is 71.9. The molecule has 5 aromatic carbocycles. The Morgan fingerprint density at radius 2 is 0.811 bits per heavy atom. The van der Waals surface area contributed by atoms with Crippen molar-refractivity contribution in [2.75, 3.05) is 5.43 Å². The number of hydrogen-bond donors (Lipinski definition) is 3. The van der Waals surface area contributed by atoms with Gasteiger partial charge in [0, 0.05) is 41.5 Å². The minimum Gasteiger partial charge on any atom is -0.478 e. The molecule has 16 heteroatoms. The number of carboxylic acids is 1. The number of nitrogens with one attached hydrogen (secondary N) is 1. The topological polar surface area (TPSA) is 136 Å². The van der Waals surface area contributed by atoms with Crippen molar-refractivity contribution in [3.8, 4) is 12.3 Å². The second-order valence-electron chi connectivity index (χ2n) is 23.7. The first kappa shape index (κ1) is 89.8. The predicted molar refractivity (Wildman–Crippen MR) is 508 cm³/mol. The van der Waals surface area contributed by atoms with Crippen LogP contribution in [0.2, 0.25) is 0 Å². The van der Waals surface area contributed by atoms with Crippen LogP contribution in [0.3, 0.4) is 0 Å². The number of nitrogen functional groups attached to an aromatic ring is 1. The van der Waals surface area contributed by atoms with Crippen molar-refractivity contribution in [1.29, 1.82) is 0 Å². The van der Waals surface area contributed by atoms with Crippen LogP contribution in [0.4, 0.5) is 17.1 Å². The van der Waals surface area contributed by atoms with Crippen LogP contribution in [0.5, 0.6) is 0 Å². The van der Waals surface area contributed by atoms with Gasteiger partial charge in [0.2, 0.25) is 0 Å². The van der Waals surface area contributed by atoms with E-state index in [0.717, 1.165) is 104 Å². The molecule has 0 saturated carbocycles. The molecule has 0 amide bonds. The molecule has 0 radical (unpaired) electrons. The number of nitrogens with two attached hydrogens (primary N) is 1. The number of anilines is 1. The number of thioether (sulfide) groups is 2. The molecular formula is C90H89I5N6O2S3. The van der Waals surface area contributed by atoms with E-state index in [4.69, 9.17) is 22.9 Å². The summed E-state index contributed by atoms with van der Waals surface area (Å²) in [5.41, 5.74) is 36.0. The van der Waals surface area contributed by atoms with E-state index in [0.29, 0.717) is 11.3 Å². The summed E-state index contributed by atoms with van der Waals surface area (Å²) in [5, 5.41) is 15.0. The molecule has 4 N–H and O–H groups in total. The summed E-state index contributed by atoms with van der Waals surface area (Å²) in [7, 11) is 0. The number of halogens is 5. The molecule has 0 bridgehead atoms. The molecule has 8 nitrogen and oxygen atoms in total. The molecule has 0 aliphatic heterocycles. The zero-order valence-electron chi connectivity index (χ0n) is 58.6. The van der Waals surface area contributed by atoms with E-state index in [1.807, 2.05) is 119 Å². The lowest BCUT2D eigenvalue weighted by Crippen LogP contribution is -2.06. The average Bonchev–Trinajstić information content (AvgIpc) is 1.14. The van der Waals surface area contributed by atoms with Crippen LogP contribution >= 0.6 is 149 Å². The van der Waals surface area contributed by atoms with Crippen molar-refractivity contribution in [1.82, 2.24) is 0 Å². The largest absolute Gasteiger partial charge is 0.478 e. The van der Waals surface area contributed by atoms with E-state index in [-0.39, 0.29) is 7.43 Å². The van der Waals surface area contributed by atoms with Gasteiger partial charge in [-0.25, -0.2) is 4.79 Å². The van der Waals surface area contributed by atoms with E-state index in [1.54, 1.807) is 23.9 Å². The summed E-state index contributed by atoms with van der Waals surface area (Å²) in [4.78, 5) is 22.6.